The summed E-state index contributed by atoms with van der Waals surface area (Å²) >= 11 is 0. The second-order valence-corrected chi connectivity index (χ2v) is 27.4. The number of amides is 1. The number of phosphoric acid groups is 1. The summed E-state index contributed by atoms with van der Waals surface area (Å²) in [5.41, 5.74) is 0. The molecule has 0 aliphatic carbocycles. The fraction of sp³-hybridized carbons (Fsp3) is 0.756. The largest absolute Gasteiger partial charge is 0.472 e. The predicted molar refractivity (Wildman–Crippen MR) is 382 cm³/mol. The Hall–Kier alpha value is -2.84. The first-order valence-corrected chi connectivity index (χ1v) is 38.3. The van der Waals surface area contributed by atoms with Crippen LogP contribution in [-0.4, -0.2) is 73.4 Å². The molecule has 1 amide bonds. The van der Waals surface area contributed by atoms with Crippen LogP contribution in [0.1, 0.15) is 328 Å². The molecule has 0 aromatic carbocycles. The molecular formula is C78H142N2O6P+. The average Bonchev–Trinajstić information content (AvgIpc) is 3.70. The molecule has 0 saturated carbocycles. The number of carbonyl (C=O) groups excluding carboxylic acids is 1. The number of aliphatic hydroxyl groups excluding tert-OH is 1. The zero-order chi connectivity index (χ0) is 63.4. The van der Waals surface area contributed by atoms with Crippen molar-refractivity contribution in [3.63, 3.8) is 0 Å². The number of rotatable bonds is 67. The lowest BCUT2D eigenvalue weighted by molar-refractivity contribution is -0.870. The highest BCUT2D eigenvalue weighted by Crippen LogP contribution is 2.43. The van der Waals surface area contributed by atoms with E-state index >= 15 is 0 Å². The molecule has 0 rings (SSSR count). The Kier molecular flexibility index (Phi) is 65.3. The number of carbonyl (C=O) groups is 1. The highest BCUT2D eigenvalue weighted by Gasteiger charge is 2.28. The molecule has 0 aliphatic rings. The summed E-state index contributed by atoms with van der Waals surface area (Å²) in [5, 5.41) is 14.0. The SMILES string of the molecule is CC/C=C\C/C=C\C/C=C\C/C=C\C/C=C\C/C=C\CCCCCCCCCCCCCCCCCCC(=O)NC(COP(=O)(O)OCC[N+](C)(C)C)C(O)/C=C/CC/C=C/CC/C=C/CCCCCCCCCCCCCCCCCCCCCC. The van der Waals surface area contributed by atoms with Crippen LogP contribution in [0.25, 0.3) is 0 Å². The Labute approximate surface area is 540 Å². The molecule has 0 aromatic rings. The van der Waals surface area contributed by atoms with Crippen molar-refractivity contribution in [1.29, 1.82) is 0 Å². The quantitative estimate of drug-likeness (QED) is 0.0243. The number of quaternary nitrogens is 1. The maximum Gasteiger partial charge on any atom is 0.472 e. The van der Waals surface area contributed by atoms with Gasteiger partial charge in [0, 0.05) is 6.42 Å². The van der Waals surface area contributed by atoms with Gasteiger partial charge in [-0.3, -0.25) is 13.8 Å². The number of nitrogens with zero attached hydrogens (tertiary/aromatic N) is 1. The molecule has 87 heavy (non-hydrogen) atoms. The van der Waals surface area contributed by atoms with Crippen molar-refractivity contribution in [2.24, 2.45) is 0 Å². The van der Waals surface area contributed by atoms with Crippen molar-refractivity contribution in [2.45, 2.75) is 341 Å². The van der Waals surface area contributed by atoms with Crippen molar-refractivity contribution in [2.75, 3.05) is 40.9 Å². The van der Waals surface area contributed by atoms with Crippen LogP contribution in [0.15, 0.2) is 109 Å². The van der Waals surface area contributed by atoms with Crippen LogP contribution in [0, 0.1) is 0 Å². The second-order valence-electron chi connectivity index (χ2n) is 25.9. The minimum atomic E-state index is -4.37. The van der Waals surface area contributed by atoms with Gasteiger partial charge in [0.2, 0.25) is 5.91 Å². The van der Waals surface area contributed by atoms with Crippen molar-refractivity contribution >= 4 is 13.7 Å². The average molecular weight is 1230 g/mol. The Morgan fingerprint density at radius 1 is 0.402 bits per heavy atom. The molecule has 3 N–H and O–H groups in total. The van der Waals surface area contributed by atoms with E-state index in [0.29, 0.717) is 17.4 Å². The molecule has 0 spiro atoms. The first kappa shape index (κ1) is 84.2. The Morgan fingerprint density at radius 3 is 1.06 bits per heavy atom. The van der Waals surface area contributed by atoms with E-state index in [1.807, 2.05) is 27.2 Å². The van der Waals surface area contributed by atoms with Crippen LogP contribution in [0.3, 0.4) is 0 Å². The zero-order valence-corrected chi connectivity index (χ0v) is 58.6. The third kappa shape index (κ3) is 70.5. The lowest BCUT2D eigenvalue weighted by Gasteiger charge is -2.25. The first-order chi connectivity index (χ1) is 42.5. The summed E-state index contributed by atoms with van der Waals surface area (Å²) in [6.45, 7) is 4.70. The number of hydrogen-bond acceptors (Lipinski definition) is 5. The summed E-state index contributed by atoms with van der Waals surface area (Å²) in [5.74, 6) is -0.190. The zero-order valence-electron chi connectivity index (χ0n) is 57.7. The van der Waals surface area contributed by atoms with E-state index in [1.165, 1.54) is 225 Å². The fourth-order valence-corrected chi connectivity index (χ4v) is 11.3. The van der Waals surface area contributed by atoms with Gasteiger partial charge in [0.15, 0.2) is 0 Å². The highest BCUT2D eigenvalue weighted by atomic mass is 31.2. The molecule has 9 heteroatoms. The van der Waals surface area contributed by atoms with Crippen molar-refractivity contribution in [3.8, 4) is 0 Å². The van der Waals surface area contributed by atoms with Crippen molar-refractivity contribution in [3.05, 3.63) is 109 Å². The molecule has 0 aromatic heterocycles. The minimum absolute atomic E-state index is 0.0503. The number of likely N-dealkylation sites (N-methyl/N-ethyl adjacent to an activating group) is 1. The van der Waals surface area contributed by atoms with E-state index in [2.05, 4.69) is 116 Å². The van der Waals surface area contributed by atoms with E-state index in [1.54, 1.807) is 6.08 Å². The van der Waals surface area contributed by atoms with Crippen LogP contribution in [-0.2, 0) is 18.4 Å². The number of phosphoric ester groups is 1. The minimum Gasteiger partial charge on any atom is -0.387 e. The van der Waals surface area contributed by atoms with E-state index in [9.17, 15) is 19.4 Å². The Balaban J connectivity index is 4.11. The maximum absolute atomic E-state index is 13.1. The first-order valence-electron chi connectivity index (χ1n) is 36.8. The third-order valence-electron chi connectivity index (χ3n) is 16.2. The lowest BCUT2D eigenvalue weighted by Crippen LogP contribution is -2.45. The molecule has 3 unspecified atom stereocenters. The summed E-state index contributed by atoms with van der Waals surface area (Å²) in [4.78, 5) is 23.4. The monoisotopic (exact) mass is 1230 g/mol. The fourth-order valence-electron chi connectivity index (χ4n) is 10.6. The van der Waals surface area contributed by atoms with E-state index in [4.69, 9.17) is 9.05 Å². The summed E-state index contributed by atoms with van der Waals surface area (Å²) in [7, 11) is 1.55. The Bertz CT molecular complexity index is 1790. The number of hydrogen-bond donors (Lipinski definition) is 3. The van der Waals surface area contributed by atoms with E-state index < -0.39 is 20.0 Å². The van der Waals surface area contributed by atoms with Crippen LogP contribution < -0.4 is 5.32 Å². The van der Waals surface area contributed by atoms with Gasteiger partial charge in [-0.15, -0.1) is 0 Å². The second kappa shape index (κ2) is 67.6. The number of allylic oxidation sites excluding steroid dienone is 17. The van der Waals surface area contributed by atoms with Crippen molar-refractivity contribution < 1.29 is 32.9 Å². The van der Waals surface area contributed by atoms with Gasteiger partial charge in [-0.25, -0.2) is 4.57 Å². The van der Waals surface area contributed by atoms with Gasteiger partial charge in [-0.2, -0.15) is 0 Å². The lowest BCUT2D eigenvalue weighted by atomic mass is 10.0. The predicted octanol–water partition coefficient (Wildman–Crippen LogP) is 23.8. The highest BCUT2D eigenvalue weighted by molar-refractivity contribution is 7.47. The van der Waals surface area contributed by atoms with Crippen LogP contribution >= 0.6 is 7.82 Å². The molecule has 3 atom stereocenters. The molecule has 0 fully saturated rings. The van der Waals surface area contributed by atoms with Gasteiger partial charge in [-0.1, -0.05) is 335 Å². The topological polar surface area (TPSA) is 105 Å². The van der Waals surface area contributed by atoms with Gasteiger partial charge < -0.3 is 19.8 Å². The van der Waals surface area contributed by atoms with Gasteiger partial charge in [0.1, 0.15) is 13.2 Å². The van der Waals surface area contributed by atoms with Gasteiger partial charge >= 0.3 is 7.82 Å². The summed E-state index contributed by atoms with van der Waals surface area (Å²) in [6, 6.07) is -0.877. The smallest absolute Gasteiger partial charge is 0.387 e. The molecule has 0 saturated heterocycles. The normalized spacial score (nSPS) is 14.2. The molecule has 0 bridgehead atoms. The summed E-state index contributed by atoms with van der Waals surface area (Å²) in [6.07, 6.45) is 99.7. The van der Waals surface area contributed by atoms with Gasteiger partial charge in [0.05, 0.1) is 39.9 Å². The number of unbranched alkanes of at least 4 members (excludes halogenated alkanes) is 38. The maximum atomic E-state index is 13.1. The van der Waals surface area contributed by atoms with E-state index in [-0.39, 0.29) is 19.1 Å². The van der Waals surface area contributed by atoms with Crippen LogP contribution in [0.5, 0.6) is 0 Å². The summed E-state index contributed by atoms with van der Waals surface area (Å²) < 4.78 is 23.8. The molecule has 504 valence electrons. The molecule has 0 radical (unpaired) electrons. The Morgan fingerprint density at radius 2 is 0.701 bits per heavy atom. The molecule has 0 heterocycles. The van der Waals surface area contributed by atoms with Gasteiger partial charge in [0.25, 0.3) is 0 Å². The molecular weight excluding hydrogens is 1090 g/mol. The van der Waals surface area contributed by atoms with Crippen LogP contribution in [0.2, 0.25) is 0 Å². The third-order valence-corrected chi connectivity index (χ3v) is 17.2. The van der Waals surface area contributed by atoms with Gasteiger partial charge in [-0.05, 0) is 96.3 Å². The van der Waals surface area contributed by atoms with E-state index in [0.717, 1.165) is 83.5 Å². The molecule has 0 aliphatic heterocycles. The van der Waals surface area contributed by atoms with Crippen molar-refractivity contribution in [1.82, 2.24) is 5.32 Å². The van der Waals surface area contributed by atoms with Crippen LogP contribution in [0.4, 0.5) is 0 Å². The standard InChI is InChI=1S/C78H141N2O6P/c1-6-8-10-12-14-16-18-20-22-24-26-28-30-32-34-36-38-39-40-41-42-44-46-48-50-52-54-56-58-60-62-64-66-68-70-72-78(82)79-76(75-86-87(83,84)85-74-73-80(3,4)5)77(81)71-69-67-65-63-61-59-57-55-53-51-49-47-45-43-37-35-33-31-29-27-25-23-21-19-17-15-13-11-9-7-2/h8,10,14,16,20,22,26,28,32,34,38-39,53,55,61,63,69,71,76-77,81H,6-7,9,11-13,15,17-19,21,23-25,27,29-31,33,35-37,40-52,54,56-60,62,64-68,70,72-75H2,1-5H3,(H-,79,82,83,84)/p+1/b10-8-,16-14-,22-20-,28-26-,34-32-,39-38-,55-53+,63-61+,71-69+. The number of aliphatic hydroxyl groups is 1. The molecule has 8 nitrogen and oxygen atoms in total. The number of nitrogens with one attached hydrogen (secondary N) is 1.